The molecule has 286 valence electrons. The summed E-state index contributed by atoms with van der Waals surface area (Å²) in [4.78, 5) is 37.3. The van der Waals surface area contributed by atoms with Gasteiger partial charge in [-0.05, 0) is 61.4 Å². The number of hydrogen-bond donors (Lipinski definition) is 3. The summed E-state index contributed by atoms with van der Waals surface area (Å²) in [5, 5.41) is 32.3. The minimum atomic E-state index is -0.180. The van der Waals surface area contributed by atoms with E-state index in [-0.39, 0.29) is 5.91 Å². The molecule has 3 N–H and O–H groups in total. The number of anilines is 7. The van der Waals surface area contributed by atoms with Crippen molar-refractivity contribution in [2.24, 2.45) is 7.05 Å². The average molecular weight is 761 g/mol. The number of benzene rings is 2. The normalized spacial score (nSPS) is 13.5. The fraction of sp³-hybridized carbons (Fsp3) is 0.244. The molecule has 6 aromatic rings. The molecule has 1 amide bonds. The molecule has 0 bridgehead atoms. The van der Waals surface area contributed by atoms with Gasteiger partial charge in [-0.2, -0.15) is 15.6 Å². The van der Waals surface area contributed by atoms with Crippen molar-refractivity contribution in [2.45, 2.75) is 19.8 Å². The van der Waals surface area contributed by atoms with Crippen LogP contribution in [0.5, 0.6) is 0 Å². The Kier molecular flexibility index (Phi) is 11.8. The van der Waals surface area contributed by atoms with Crippen molar-refractivity contribution in [3.05, 3.63) is 103 Å². The molecule has 16 nitrogen and oxygen atoms in total. The standard InChI is InChI=1S/C22H21N7O2.C19H19N7/c1-15(30)26-21-5-3-18(14-25-21)27-22-24-7-6-19(28-22)16-2-4-20(17(12-16)13-23)29-8-10-31-11-9-29;1-25-11-7-18(24-25)23-19-21-8-6-16(22-19)14-4-5-17(15(12-14)13-20)26-9-2-3-10-26/h2-7,12,14H,8-11H2,1H3,(H,24,27,28)(H,25,26,30);4-8,11-12H,2-3,9-10H2,1H3,(H,21,22,23,24). The number of aryl methyl sites for hydroxylation is 1. The monoisotopic (exact) mass is 760 g/mol. The molecule has 0 radical (unpaired) electrons. The van der Waals surface area contributed by atoms with E-state index in [0.717, 1.165) is 54.4 Å². The molecule has 2 aliphatic heterocycles. The molecule has 0 saturated carbocycles. The molecule has 0 atom stereocenters. The number of nitrogens with zero attached hydrogens (tertiary/aromatic N) is 11. The van der Waals surface area contributed by atoms with Crippen molar-refractivity contribution in [1.82, 2.24) is 34.7 Å². The number of carbonyl (C=O) groups excluding carboxylic acids is 1. The van der Waals surface area contributed by atoms with Crippen LogP contribution in [0.3, 0.4) is 0 Å². The van der Waals surface area contributed by atoms with E-state index in [4.69, 9.17) is 4.74 Å². The maximum Gasteiger partial charge on any atom is 0.228 e. The van der Waals surface area contributed by atoms with Crippen molar-refractivity contribution in [3.63, 3.8) is 0 Å². The van der Waals surface area contributed by atoms with Gasteiger partial charge in [0.05, 0.1) is 59.0 Å². The molecule has 2 aromatic carbocycles. The Morgan fingerprint density at radius 3 is 1.84 bits per heavy atom. The van der Waals surface area contributed by atoms with Crippen LogP contribution in [0.2, 0.25) is 0 Å². The minimum Gasteiger partial charge on any atom is -0.378 e. The van der Waals surface area contributed by atoms with Gasteiger partial charge in [0.25, 0.3) is 0 Å². The largest absolute Gasteiger partial charge is 0.378 e. The van der Waals surface area contributed by atoms with Gasteiger partial charge in [-0.3, -0.25) is 9.48 Å². The van der Waals surface area contributed by atoms with Crippen LogP contribution in [0.15, 0.2) is 91.5 Å². The van der Waals surface area contributed by atoms with E-state index in [2.05, 4.69) is 67.9 Å². The molecule has 4 aromatic heterocycles. The summed E-state index contributed by atoms with van der Waals surface area (Å²) in [7, 11) is 1.85. The molecule has 16 heteroatoms. The summed E-state index contributed by atoms with van der Waals surface area (Å²) in [6.45, 7) is 6.31. The van der Waals surface area contributed by atoms with Crippen LogP contribution >= 0.6 is 0 Å². The molecule has 57 heavy (non-hydrogen) atoms. The second-order valence-electron chi connectivity index (χ2n) is 13.2. The summed E-state index contributed by atoms with van der Waals surface area (Å²) in [6.07, 6.45) is 9.16. The minimum absolute atomic E-state index is 0.180. The van der Waals surface area contributed by atoms with Crippen LogP contribution in [0.25, 0.3) is 22.5 Å². The number of carbonyl (C=O) groups is 1. The van der Waals surface area contributed by atoms with E-state index in [1.807, 2.05) is 61.8 Å². The third-order valence-electron chi connectivity index (χ3n) is 9.21. The van der Waals surface area contributed by atoms with Crippen LogP contribution < -0.4 is 25.8 Å². The highest BCUT2D eigenvalue weighted by molar-refractivity contribution is 5.87. The number of ether oxygens (including phenoxy) is 1. The fourth-order valence-corrected chi connectivity index (χ4v) is 6.49. The lowest BCUT2D eigenvalue weighted by Crippen LogP contribution is -2.36. The van der Waals surface area contributed by atoms with Gasteiger partial charge < -0.3 is 30.5 Å². The summed E-state index contributed by atoms with van der Waals surface area (Å²) in [5.74, 6) is 1.86. The van der Waals surface area contributed by atoms with E-state index < -0.39 is 0 Å². The zero-order valence-corrected chi connectivity index (χ0v) is 31.6. The van der Waals surface area contributed by atoms with Crippen LogP contribution in [-0.4, -0.2) is 80.0 Å². The van der Waals surface area contributed by atoms with Crippen LogP contribution in [0.4, 0.5) is 40.6 Å². The van der Waals surface area contributed by atoms with E-state index in [9.17, 15) is 15.3 Å². The van der Waals surface area contributed by atoms with Gasteiger partial charge in [0.15, 0.2) is 5.82 Å². The molecule has 2 fully saturated rings. The molecule has 6 heterocycles. The lowest BCUT2D eigenvalue weighted by Gasteiger charge is -2.29. The Balaban J connectivity index is 0.000000177. The quantitative estimate of drug-likeness (QED) is 0.154. The maximum absolute atomic E-state index is 11.1. The highest BCUT2D eigenvalue weighted by Gasteiger charge is 2.18. The predicted molar refractivity (Wildman–Crippen MR) is 217 cm³/mol. The second-order valence-corrected chi connectivity index (χ2v) is 13.2. The first-order valence-electron chi connectivity index (χ1n) is 18.5. The molecule has 8 rings (SSSR count). The Morgan fingerprint density at radius 1 is 0.719 bits per heavy atom. The van der Waals surface area contributed by atoms with Gasteiger partial charge in [0.1, 0.15) is 18.0 Å². The molecule has 2 saturated heterocycles. The summed E-state index contributed by atoms with van der Waals surface area (Å²) in [5.41, 5.74) is 7.09. The first-order chi connectivity index (χ1) is 27.8. The number of morpholine rings is 1. The van der Waals surface area contributed by atoms with E-state index in [0.29, 0.717) is 59.3 Å². The first-order valence-corrected chi connectivity index (χ1v) is 18.5. The smallest absolute Gasteiger partial charge is 0.228 e. The first kappa shape index (κ1) is 37.9. The Bertz CT molecular complexity index is 2420. The van der Waals surface area contributed by atoms with E-state index in [1.165, 1.54) is 19.8 Å². The number of aromatic nitrogens is 7. The molecular weight excluding hydrogens is 721 g/mol. The Hall–Kier alpha value is -7.43. The highest BCUT2D eigenvalue weighted by Crippen LogP contribution is 2.30. The molecule has 0 spiro atoms. The van der Waals surface area contributed by atoms with Crippen LogP contribution in [-0.2, 0) is 16.6 Å². The second kappa shape index (κ2) is 17.8. The van der Waals surface area contributed by atoms with Gasteiger partial charge in [-0.15, -0.1) is 0 Å². The lowest BCUT2D eigenvalue weighted by molar-refractivity contribution is -0.114. The third kappa shape index (κ3) is 9.63. The topological polar surface area (TPSA) is 199 Å². The zero-order valence-electron chi connectivity index (χ0n) is 31.6. The van der Waals surface area contributed by atoms with Crippen molar-refractivity contribution in [2.75, 3.05) is 65.1 Å². The van der Waals surface area contributed by atoms with Gasteiger partial charge in [-0.1, -0.05) is 12.1 Å². The lowest BCUT2D eigenvalue weighted by atomic mass is 10.1. The average Bonchev–Trinajstić information content (AvgIpc) is 3.94. The van der Waals surface area contributed by atoms with E-state index in [1.54, 1.807) is 41.5 Å². The SMILES string of the molecule is CC(=O)Nc1ccc(Nc2nccc(-c3ccc(N4CCOCC4)c(C#N)c3)n2)cn1.Cn1ccc(Nc2nccc(-c3ccc(N4CCCC4)c(C#N)c3)n2)n1. The summed E-state index contributed by atoms with van der Waals surface area (Å²) < 4.78 is 7.11. The predicted octanol–water partition coefficient (Wildman–Crippen LogP) is 6.04. The van der Waals surface area contributed by atoms with Crippen molar-refractivity contribution >= 4 is 46.5 Å². The molecule has 2 aliphatic rings. The third-order valence-corrected chi connectivity index (χ3v) is 9.21. The van der Waals surface area contributed by atoms with Crippen LogP contribution in [0, 0.1) is 22.7 Å². The number of rotatable bonds is 9. The Morgan fingerprint density at radius 2 is 1.32 bits per heavy atom. The highest BCUT2D eigenvalue weighted by atomic mass is 16.5. The Labute approximate surface area is 329 Å². The number of amides is 1. The molecule has 0 aliphatic carbocycles. The van der Waals surface area contributed by atoms with Crippen LogP contribution in [0.1, 0.15) is 30.9 Å². The summed E-state index contributed by atoms with van der Waals surface area (Å²) in [6, 6.07) is 25.3. The molecule has 0 unspecified atom stereocenters. The van der Waals surface area contributed by atoms with Gasteiger partial charge >= 0.3 is 0 Å². The van der Waals surface area contributed by atoms with Crippen molar-refractivity contribution < 1.29 is 9.53 Å². The maximum atomic E-state index is 11.1. The van der Waals surface area contributed by atoms with E-state index >= 15 is 0 Å². The number of nitriles is 2. The summed E-state index contributed by atoms with van der Waals surface area (Å²) >= 11 is 0. The van der Waals surface area contributed by atoms with Crippen molar-refractivity contribution in [1.29, 1.82) is 10.5 Å². The van der Waals surface area contributed by atoms with Gasteiger partial charge in [0, 0.05) is 75.9 Å². The zero-order chi connectivity index (χ0) is 39.6. The van der Waals surface area contributed by atoms with Gasteiger partial charge in [-0.25, -0.2) is 24.9 Å². The molecular formula is C41H40N14O2. The fourth-order valence-electron chi connectivity index (χ4n) is 6.49. The van der Waals surface area contributed by atoms with Gasteiger partial charge in [0.2, 0.25) is 17.8 Å². The number of hydrogen-bond acceptors (Lipinski definition) is 14. The number of nitrogens with one attached hydrogen (secondary N) is 3. The van der Waals surface area contributed by atoms with Crippen molar-refractivity contribution in [3.8, 4) is 34.7 Å². The number of pyridine rings is 1.